The summed E-state index contributed by atoms with van der Waals surface area (Å²) in [5.74, 6) is 0. The molecule has 1 atom stereocenters. The molecule has 0 saturated carbocycles. The number of benzene rings is 1. The van der Waals surface area contributed by atoms with Crippen molar-refractivity contribution in [3.8, 4) is 0 Å². The molecule has 0 fully saturated rings. The lowest BCUT2D eigenvalue weighted by Gasteiger charge is -2.21. The highest BCUT2D eigenvalue weighted by atomic mass is 35.5. The summed E-state index contributed by atoms with van der Waals surface area (Å²) in [4.78, 5) is 2.19. The Hall–Kier alpha value is -0.570. The van der Waals surface area contributed by atoms with Crippen molar-refractivity contribution >= 4 is 11.6 Å². The summed E-state index contributed by atoms with van der Waals surface area (Å²) >= 11 is 5.91. The third-order valence-electron chi connectivity index (χ3n) is 2.26. The van der Waals surface area contributed by atoms with Crippen LogP contribution < -0.4 is 0 Å². The second-order valence-electron chi connectivity index (χ2n) is 3.81. The maximum absolute atomic E-state index is 9.32. The highest BCUT2D eigenvalue weighted by Crippen LogP contribution is 2.12. The lowest BCUT2D eigenvalue weighted by Crippen LogP contribution is -2.30. The molecule has 2 nitrogen and oxygen atoms in total. The first-order valence-electron chi connectivity index (χ1n) is 5.26. The quantitative estimate of drug-likeness (QED) is 0.836. The molecule has 0 aliphatic rings. The van der Waals surface area contributed by atoms with E-state index in [9.17, 15) is 5.11 Å². The summed E-state index contributed by atoms with van der Waals surface area (Å²) in [5.41, 5.74) is 1.19. The lowest BCUT2D eigenvalue weighted by atomic mass is 10.2. The number of rotatable bonds is 5. The molecule has 1 aromatic carbocycles. The van der Waals surface area contributed by atoms with Gasteiger partial charge in [-0.15, -0.1) is 0 Å². The van der Waals surface area contributed by atoms with E-state index in [2.05, 4.69) is 17.9 Å². The maximum Gasteiger partial charge on any atom is 0.0639 e. The number of hydrogen-bond acceptors (Lipinski definition) is 2. The van der Waals surface area contributed by atoms with Crippen LogP contribution in [0.15, 0.2) is 24.3 Å². The van der Waals surface area contributed by atoms with Crippen molar-refractivity contribution in [3.63, 3.8) is 0 Å². The van der Waals surface area contributed by atoms with Gasteiger partial charge >= 0.3 is 0 Å². The monoisotopic (exact) mass is 227 g/mol. The molecule has 0 amide bonds. The van der Waals surface area contributed by atoms with Crippen LogP contribution in [0.2, 0.25) is 5.02 Å². The van der Waals surface area contributed by atoms with E-state index in [1.165, 1.54) is 5.56 Å². The molecule has 0 spiro atoms. The summed E-state index contributed by atoms with van der Waals surface area (Å²) < 4.78 is 0. The summed E-state index contributed by atoms with van der Waals surface area (Å²) in [5, 5.41) is 10.1. The fraction of sp³-hybridized carbons (Fsp3) is 0.500. The predicted molar refractivity (Wildman–Crippen MR) is 64.1 cm³/mol. The molecule has 0 heterocycles. The van der Waals surface area contributed by atoms with E-state index in [1.807, 2.05) is 18.2 Å². The molecule has 0 aliphatic carbocycles. The molecule has 0 aromatic heterocycles. The number of likely N-dealkylation sites (N-methyl/N-ethyl adjacent to an activating group) is 1. The molecule has 3 heteroatoms. The molecule has 1 N–H and O–H groups in total. The van der Waals surface area contributed by atoms with Crippen molar-refractivity contribution in [2.45, 2.75) is 26.5 Å². The third-order valence-corrected chi connectivity index (χ3v) is 2.50. The van der Waals surface area contributed by atoms with Crippen LogP contribution in [0.3, 0.4) is 0 Å². The van der Waals surface area contributed by atoms with Crippen LogP contribution in [-0.2, 0) is 6.54 Å². The molecule has 1 unspecified atom stereocenters. The fourth-order valence-corrected chi connectivity index (χ4v) is 1.79. The normalized spacial score (nSPS) is 13.1. The van der Waals surface area contributed by atoms with Crippen molar-refractivity contribution in [2.75, 3.05) is 13.1 Å². The van der Waals surface area contributed by atoms with E-state index in [4.69, 9.17) is 11.6 Å². The fourth-order valence-electron chi connectivity index (χ4n) is 1.57. The SMILES string of the molecule is CCN(Cc1cccc(Cl)c1)CC(C)O. The topological polar surface area (TPSA) is 23.5 Å². The van der Waals surface area contributed by atoms with Crippen LogP contribution >= 0.6 is 11.6 Å². The van der Waals surface area contributed by atoms with Gasteiger partial charge in [-0.2, -0.15) is 0 Å². The average Bonchev–Trinajstić information content (AvgIpc) is 2.16. The number of hydrogen-bond donors (Lipinski definition) is 1. The van der Waals surface area contributed by atoms with Gasteiger partial charge in [0.1, 0.15) is 0 Å². The highest BCUT2D eigenvalue weighted by molar-refractivity contribution is 6.30. The first-order chi connectivity index (χ1) is 7.11. The van der Waals surface area contributed by atoms with Crippen molar-refractivity contribution in [3.05, 3.63) is 34.9 Å². The molecule has 1 rings (SSSR count). The van der Waals surface area contributed by atoms with Crippen molar-refractivity contribution in [1.29, 1.82) is 0 Å². The Kier molecular flexibility index (Phi) is 5.09. The second kappa shape index (κ2) is 6.11. The van der Waals surface area contributed by atoms with Crippen molar-refractivity contribution in [2.24, 2.45) is 0 Å². The van der Waals surface area contributed by atoms with Crippen LogP contribution in [0, 0.1) is 0 Å². The minimum Gasteiger partial charge on any atom is -0.392 e. The van der Waals surface area contributed by atoms with Crippen LogP contribution in [-0.4, -0.2) is 29.2 Å². The van der Waals surface area contributed by atoms with Crippen LogP contribution in [0.5, 0.6) is 0 Å². The van der Waals surface area contributed by atoms with Crippen molar-refractivity contribution in [1.82, 2.24) is 4.90 Å². The zero-order chi connectivity index (χ0) is 11.3. The van der Waals surface area contributed by atoms with E-state index in [0.717, 1.165) is 18.1 Å². The number of aliphatic hydroxyl groups is 1. The summed E-state index contributed by atoms with van der Waals surface area (Å²) in [6, 6.07) is 7.84. The minimum atomic E-state index is -0.288. The van der Waals surface area contributed by atoms with E-state index < -0.39 is 0 Å². The first-order valence-corrected chi connectivity index (χ1v) is 5.64. The third kappa shape index (κ3) is 4.65. The molecule has 15 heavy (non-hydrogen) atoms. The highest BCUT2D eigenvalue weighted by Gasteiger charge is 2.06. The Morgan fingerprint density at radius 1 is 1.47 bits per heavy atom. The van der Waals surface area contributed by atoms with Gasteiger partial charge in [0.15, 0.2) is 0 Å². The van der Waals surface area contributed by atoms with Crippen LogP contribution in [0.1, 0.15) is 19.4 Å². The summed E-state index contributed by atoms with van der Waals surface area (Å²) in [7, 11) is 0. The molecule has 84 valence electrons. The maximum atomic E-state index is 9.32. The molecule has 0 radical (unpaired) electrons. The summed E-state index contributed by atoms with van der Waals surface area (Å²) in [6.07, 6.45) is -0.288. The average molecular weight is 228 g/mol. The van der Waals surface area contributed by atoms with Crippen LogP contribution in [0.4, 0.5) is 0 Å². The van der Waals surface area contributed by atoms with E-state index in [1.54, 1.807) is 6.92 Å². The largest absolute Gasteiger partial charge is 0.392 e. The Bertz CT molecular complexity index is 301. The van der Waals surface area contributed by atoms with Gasteiger partial charge in [0, 0.05) is 18.1 Å². The number of nitrogens with zero attached hydrogens (tertiary/aromatic N) is 1. The minimum absolute atomic E-state index is 0.288. The van der Waals surface area contributed by atoms with Crippen molar-refractivity contribution < 1.29 is 5.11 Å². The van der Waals surface area contributed by atoms with Gasteiger partial charge in [-0.1, -0.05) is 30.7 Å². The van der Waals surface area contributed by atoms with Gasteiger partial charge in [-0.3, -0.25) is 4.90 Å². The Balaban J connectivity index is 2.58. The van der Waals surface area contributed by atoms with Gasteiger partial charge < -0.3 is 5.11 Å². The van der Waals surface area contributed by atoms with E-state index >= 15 is 0 Å². The Morgan fingerprint density at radius 2 is 2.20 bits per heavy atom. The second-order valence-corrected chi connectivity index (χ2v) is 4.24. The predicted octanol–water partition coefficient (Wildman–Crippen LogP) is 2.54. The van der Waals surface area contributed by atoms with E-state index in [0.29, 0.717) is 6.54 Å². The lowest BCUT2D eigenvalue weighted by molar-refractivity contribution is 0.126. The molecular weight excluding hydrogens is 210 g/mol. The number of aliphatic hydroxyl groups excluding tert-OH is 1. The molecule has 0 aliphatic heterocycles. The van der Waals surface area contributed by atoms with Gasteiger partial charge in [0.05, 0.1) is 6.10 Å². The molecule has 0 saturated heterocycles. The molecule has 1 aromatic rings. The summed E-state index contributed by atoms with van der Waals surface area (Å²) in [6.45, 7) is 6.36. The zero-order valence-electron chi connectivity index (χ0n) is 9.28. The first kappa shape index (κ1) is 12.5. The van der Waals surface area contributed by atoms with E-state index in [-0.39, 0.29) is 6.10 Å². The molecular formula is C12H18ClNO. The Labute approximate surface area is 96.5 Å². The van der Waals surface area contributed by atoms with Gasteiger partial charge in [0.25, 0.3) is 0 Å². The standard InChI is InChI=1S/C12H18ClNO/c1-3-14(8-10(2)15)9-11-5-4-6-12(13)7-11/h4-7,10,15H,3,8-9H2,1-2H3. The zero-order valence-corrected chi connectivity index (χ0v) is 10.0. The van der Waals surface area contributed by atoms with Gasteiger partial charge in [-0.25, -0.2) is 0 Å². The van der Waals surface area contributed by atoms with Gasteiger partial charge in [-0.05, 0) is 31.2 Å². The smallest absolute Gasteiger partial charge is 0.0639 e. The number of halogens is 1. The Morgan fingerprint density at radius 3 is 2.73 bits per heavy atom. The molecule has 0 bridgehead atoms. The van der Waals surface area contributed by atoms with Crippen LogP contribution in [0.25, 0.3) is 0 Å². The van der Waals surface area contributed by atoms with Gasteiger partial charge in [0.2, 0.25) is 0 Å².